The van der Waals surface area contributed by atoms with Crippen molar-refractivity contribution < 1.29 is 9.59 Å². The number of thiocarbonyl (C=S) groups is 1. The topological polar surface area (TPSA) is 70.2 Å². The van der Waals surface area contributed by atoms with E-state index in [4.69, 9.17) is 12.2 Å². The van der Waals surface area contributed by atoms with E-state index in [-0.39, 0.29) is 22.3 Å². The predicted molar refractivity (Wildman–Crippen MR) is 116 cm³/mol. The second kappa shape index (κ2) is 8.97. The smallest absolute Gasteiger partial charge is 0.269 e. The first-order valence-electron chi connectivity index (χ1n) is 9.20. The minimum atomic E-state index is -0.336. The van der Waals surface area contributed by atoms with Gasteiger partial charge in [-0.3, -0.25) is 25.8 Å². The lowest BCUT2D eigenvalue weighted by atomic mass is 9.87. The van der Waals surface area contributed by atoms with E-state index in [1.165, 1.54) is 0 Å². The average Bonchev–Trinajstić information content (AvgIpc) is 2.65. The standard InChI is InChI=1S/C22H27N3O2S/c1-14(2)15-6-8-16(9-7-15)19(26)23-21(28)25-24-20(27)17-10-12-18(13-11-17)22(3,4)5/h6-14H,1-5H3,(H,24,27)(H2,23,25,26,28). The molecule has 0 bridgehead atoms. The van der Waals surface area contributed by atoms with Gasteiger partial charge in [-0.1, -0.05) is 58.9 Å². The number of hydrazine groups is 1. The van der Waals surface area contributed by atoms with Gasteiger partial charge in [-0.15, -0.1) is 0 Å². The van der Waals surface area contributed by atoms with Gasteiger partial charge < -0.3 is 0 Å². The van der Waals surface area contributed by atoms with Gasteiger partial charge >= 0.3 is 0 Å². The van der Waals surface area contributed by atoms with E-state index in [1.807, 2.05) is 24.3 Å². The molecule has 0 saturated carbocycles. The van der Waals surface area contributed by atoms with Crippen molar-refractivity contribution >= 4 is 29.1 Å². The molecule has 0 atom stereocenters. The van der Waals surface area contributed by atoms with Crippen molar-refractivity contribution in [1.82, 2.24) is 16.2 Å². The largest absolute Gasteiger partial charge is 0.298 e. The number of amides is 2. The molecule has 2 aromatic rings. The molecule has 0 aliphatic rings. The molecule has 2 aromatic carbocycles. The van der Waals surface area contributed by atoms with Crippen molar-refractivity contribution in [3.05, 3.63) is 70.8 Å². The van der Waals surface area contributed by atoms with Crippen LogP contribution in [0.25, 0.3) is 0 Å². The summed E-state index contributed by atoms with van der Waals surface area (Å²) >= 11 is 5.08. The molecule has 148 valence electrons. The van der Waals surface area contributed by atoms with Crippen LogP contribution in [0.4, 0.5) is 0 Å². The zero-order chi connectivity index (χ0) is 20.9. The van der Waals surface area contributed by atoms with E-state index in [9.17, 15) is 9.59 Å². The third-order valence-corrected chi connectivity index (χ3v) is 4.57. The van der Waals surface area contributed by atoms with Crippen molar-refractivity contribution in [2.75, 3.05) is 0 Å². The second-order valence-electron chi connectivity index (χ2n) is 7.97. The number of carbonyl (C=O) groups is 2. The maximum Gasteiger partial charge on any atom is 0.269 e. The van der Waals surface area contributed by atoms with Crippen LogP contribution in [0.15, 0.2) is 48.5 Å². The van der Waals surface area contributed by atoms with E-state index < -0.39 is 0 Å². The quantitative estimate of drug-likeness (QED) is 0.540. The molecule has 6 heteroatoms. The summed E-state index contributed by atoms with van der Waals surface area (Å²) in [7, 11) is 0. The fourth-order valence-electron chi connectivity index (χ4n) is 2.53. The minimum Gasteiger partial charge on any atom is -0.298 e. The monoisotopic (exact) mass is 397 g/mol. The first kappa shape index (κ1) is 21.6. The minimum absolute atomic E-state index is 0.0203. The SMILES string of the molecule is CC(C)c1ccc(C(=O)NC(=S)NNC(=O)c2ccc(C(C)(C)C)cc2)cc1. The zero-order valence-corrected chi connectivity index (χ0v) is 17.7. The Hall–Kier alpha value is -2.73. The van der Waals surface area contributed by atoms with E-state index in [2.05, 4.69) is 50.8 Å². The Morgan fingerprint density at radius 2 is 1.32 bits per heavy atom. The van der Waals surface area contributed by atoms with Crippen LogP contribution in [0.3, 0.4) is 0 Å². The van der Waals surface area contributed by atoms with Crippen LogP contribution in [0.5, 0.6) is 0 Å². The molecule has 0 aromatic heterocycles. The van der Waals surface area contributed by atoms with Gasteiger partial charge in [0.15, 0.2) is 5.11 Å². The molecule has 0 fully saturated rings. The Morgan fingerprint density at radius 1 is 0.821 bits per heavy atom. The van der Waals surface area contributed by atoms with E-state index in [0.29, 0.717) is 17.0 Å². The summed E-state index contributed by atoms with van der Waals surface area (Å²) in [6.07, 6.45) is 0. The summed E-state index contributed by atoms with van der Waals surface area (Å²) in [5.41, 5.74) is 8.36. The van der Waals surface area contributed by atoms with Crippen molar-refractivity contribution in [3.8, 4) is 0 Å². The fourth-order valence-corrected chi connectivity index (χ4v) is 2.68. The normalized spacial score (nSPS) is 11.1. The van der Waals surface area contributed by atoms with Crippen molar-refractivity contribution in [2.45, 2.75) is 46.0 Å². The third kappa shape index (κ3) is 5.89. The van der Waals surface area contributed by atoms with E-state index in [0.717, 1.165) is 11.1 Å². The van der Waals surface area contributed by atoms with Gasteiger partial charge in [0.1, 0.15) is 0 Å². The molecule has 5 nitrogen and oxygen atoms in total. The molecule has 0 aliphatic heterocycles. The van der Waals surface area contributed by atoms with Gasteiger partial charge in [0.25, 0.3) is 11.8 Å². The van der Waals surface area contributed by atoms with Crippen LogP contribution in [-0.2, 0) is 5.41 Å². The Labute approximate surface area is 171 Å². The lowest BCUT2D eigenvalue weighted by Crippen LogP contribution is -2.48. The number of carbonyl (C=O) groups excluding carboxylic acids is 2. The van der Waals surface area contributed by atoms with Crippen molar-refractivity contribution in [3.63, 3.8) is 0 Å². The van der Waals surface area contributed by atoms with Gasteiger partial charge in [-0.05, 0) is 58.9 Å². The van der Waals surface area contributed by atoms with Crippen LogP contribution in [0.1, 0.15) is 72.4 Å². The molecule has 2 amide bonds. The van der Waals surface area contributed by atoms with E-state index >= 15 is 0 Å². The molecule has 2 rings (SSSR count). The lowest BCUT2D eigenvalue weighted by molar-refractivity contribution is 0.0934. The van der Waals surface area contributed by atoms with Crippen LogP contribution >= 0.6 is 12.2 Å². The predicted octanol–water partition coefficient (Wildman–Crippen LogP) is 4.06. The molecule has 28 heavy (non-hydrogen) atoms. The number of benzene rings is 2. The van der Waals surface area contributed by atoms with Gasteiger partial charge in [0.2, 0.25) is 0 Å². The molecule has 0 unspecified atom stereocenters. The lowest BCUT2D eigenvalue weighted by Gasteiger charge is -2.19. The van der Waals surface area contributed by atoms with Crippen LogP contribution in [0, 0.1) is 0 Å². The molecule has 0 radical (unpaired) electrons. The molecule has 0 saturated heterocycles. The summed E-state index contributed by atoms with van der Waals surface area (Å²) in [4.78, 5) is 24.5. The summed E-state index contributed by atoms with van der Waals surface area (Å²) in [6, 6.07) is 14.7. The highest BCUT2D eigenvalue weighted by atomic mass is 32.1. The maximum atomic E-state index is 12.2. The number of hydrogen-bond donors (Lipinski definition) is 3. The Bertz CT molecular complexity index is 851. The molecular formula is C22H27N3O2S. The van der Waals surface area contributed by atoms with Gasteiger partial charge in [-0.2, -0.15) is 0 Å². The molecular weight excluding hydrogens is 370 g/mol. The van der Waals surface area contributed by atoms with Crippen LogP contribution in [-0.4, -0.2) is 16.9 Å². The zero-order valence-electron chi connectivity index (χ0n) is 16.9. The highest BCUT2D eigenvalue weighted by Crippen LogP contribution is 2.22. The van der Waals surface area contributed by atoms with Crippen molar-refractivity contribution in [2.24, 2.45) is 0 Å². The summed E-state index contributed by atoms with van der Waals surface area (Å²) in [5, 5.41) is 2.57. The number of hydrogen-bond acceptors (Lipinski definition) is 3. The fraction of sp³-hybridized carbons (Fsp3) is 0.318. The highest BCUT2D eigenvalue weighted by Gasteiger charge is 2.14. The van der Waals surface area contributed by atoms with Crippen LogP contribution < -0.4 is 16.2 Å². The summed E-state index contributed by atoms with van der Waals surface area (Å²) < 4.78 is 0. The van der Waals surface area contributed by atoms with Crippen LogP contribution in [0.2, 0.25) is 0 Å². The number of rotatable bonds is 3. The summed E-state index contributed by atoms with van der Waals surface area (Å²) in [5.74, 6) is -0.275. The van der Waals surface area contributed by atoms with Gasteiger partial charge in [0, 0.05) is 11.1 Å². The first-order chi connectivity index (χ1) is 13.1. The van der Waals surface area contributed by atoms with Gasteiger partial charge in [0.05, 0.1) is 0 Å². The second-order valence-corrected chi connectivity index (χ2v) is 8.37. The van der Waals surface area contributed by atoms with Gasteiger partial charge in [-0.25, -0.2) is 0 Å². The molecule has 0 spiro atoms. The summed E-state index contributed by atoms with van der Waals surface area (Å²) in [6.45, 7) is 10.5. The highest BCUT2D eigenvalue weighted by molar-refractivity contribution is 7.80. The Balaban J connectivity index is 1.87. The molecule has 3 N–H and O–H groups in total. The number of nitrogens with one attached hydrogen (secondary N) is 3. The first-order valence-corrected chi connectivity index (χ1v) is 9.61. The maximum absolute atomic E-state index is 12.2. The Morgan fingerprint density at radius 3 is 1.82 bits per heavy atom. The average molecular weight is 398 g/mol. The van der Waals surface area contributed by atoms with Crippen molar-refractivity contribution in [1.29, 1.82) is 0 Å². The molecule has 0 heterocycles. The Kier molecular flexibility index (Phi) is 6.91. The van der Waals surface area contributed by atoms with E-state index in [1.54, 1.807) is 24.3 Å². The molecule has 0 aliphatic carbocycles. The third-order valence-electron chi connectivity index (χ3n) is 4.37.